The molecule has 23 heavy (non-hydrogen) atoms. The number of carbonyl (C=O) groups is 2. The number of nitro groups is 1. The molecule has 124 valence electrons. The Morgan fingerprint density at radius 1 is 1.26 bits per heavy atom. The van der Waals surface area contributed by atoms with E-state index in [2.05, 4.69) is 0 Å². The van der Waals surface area contributed by atoms with Crippen LogP contribution >= 0.6 is 11.8 Å². The smallest absolute Gasteiger partial charge is 0.306 e. The Morgan fingerprint density at radius 3 is 2.39 bits per heavy atom. The van der Waals surface area contributed by atoms with Gasteiger partial charge in [-0.1, -0.05) is 12.1 Å². The third-order valence-electron chi connectivity index (χ3n) is 3.84. The van der Waals surface area contributed by atoms with Gasteiger partial charge in [-0.05, 0) is 18.4 Å². The lowest BCUT2D eigenvalue weighted by Crippen LogP contribution is -2.41. The van der Waals surface area contributed by atoms with Crippen LogP contribution in [0.15, 0.2) is 24.3 Å². The number of carbonyl (C=O) groups excluding carboxylic acids is 1. The molecular weight excluding hydrogens is 320 g/mol. The molecule has 7 nitrogen and oxygen atoms in total. The average molecular weight is 338 g/mol. The van der Waals surface area contributed by atoms with E-state index in [1.165, 1.54) is 23.9 Å². The highest BCUT2D eigenvalue weighted by Crippen LogP contribution is 2.20. The van der Waals surface area contributed by atoms with E-state index in [-0.39, 0.29) is 17.5 Å². The van der Waals surface area contributed by atoms with Gasteiger partial charge in [0.2, 0.25) is 5.91 Å². The van der Waals surface area contributed by atoms with E-state index >= 15 is 0 Å². The highest BCUT2D eigenvalue weighted by Gasteiger charge is 2.26. The average Bonchev–Trinajstić information content (AvgIpc) is 2.55. The van der Waals surface area contributed by atoms with Crippen LogP contribution < -0.4 is 0 Å². The topological polar surface area (TPSA) is 101 Å². The van der Waals surface area contributed by atoms with Crippen LogP contribution in [0.1, 0.15) is 18.4 Å². The first-order valence-corrected chi connectivity index (χ1v) is 8.44. The van der Waals surface area contributed by atoms with Crippen LogP contribution in [0.2, 0.25) is 0 Å². The van der Waals surface area contributed by atoms with E-state index < -0.39 is 10.9 Å². The number of nitro benzene ring substituents is 1. The van der Waals surface area contributed by atoms with E-state index in [0.29, 0.717) is 37.4 Å². The first-order chi connectivity index (χ1) is 11.0. The molecule has 0 bridgehead atoms. The summed E-state index contributed by atoms with van der Waals surface area (Å²) in [5.74, 6) is -0.179. The molecule has 1 aromatic rings. The Kier molecular flexibility index (Phi) is 5.97. The molecule has 1 saturated heterocycles. The summed E-state index contributed by atoms with van der Waals surface area (Å²) in [6, 6.07) is 6.28. The molecular formula is C15H18N2O5S. The zero-order chi connectivity index (χ0) is 16.8. The number of benzene rings is 1. The molecule has 0 aromatic heterocycles. The van der Waals surface area contributed by atoms with E-state index in [1.54, 1.807) is 17.0 Å². The molecule has 1 amide bonds. The molecule has 0 spiro atoms. The molecule has 1 N–H and O–H groups in total. The van der Waals surface area contributed by atoms with E-state index in [9.17, 15) is 19.7 Å². The number of rotatable bonds is 6. The fourth-order valence-electron chi connectivity index (χ4n) is 2.44. The second kappa shape index (κ2) is 7.96. The van der Waals surface area contributed by atoms with Crippen molar-refractivity contribution in [1.29, 1.82) is 0 Å². The normalized spacial score (nSPS) is 15.4. The molecule has 0 atom stereocenters. The van der Waals surface area contributed by atoms with Gasteiger partial charge in [-0.15, -0.1) is 11.8 Å². The van der Waals surface area contributed by atoms with Crippen LogP contribution in [0.5, 0.6) is 0 Å². The molecule has 1 aliphatic rings. The fourth-order valence-corrected chi connectivity index (χ4v) is 3.32. The van der Waals surface area contributed by atoms with Gasteiger partial charge in [0.1, 0.15) is 0 Å². The van der Waals surface area contributed by atoms with Gasteiger partial charge in [-0.3, -0.25) is 19.7 Å². The minimum atomic E-state index is -0.787. The van der Waals surface area contributed by atoms with E-state index in [4.69, 9.17) is 5.11 Å². The number of non-ortho nitro benzene ring substituents is 1. The second-order valence-electron chi connectivity index (χ2n) is 5.41. The summed E-state index contributed by atoms with van der Waals surface area (Å²) in [4.78, 5) is 34.8. The van der Waals surface area contributed by atoms with Gasteiger partial charge in [0, 0.05) is 31.0 Å². The lowest BCUT2D eigenvalue weighted by Gasteiger charge is -2.30. The Morgan fingerprint density at radius 2 is 1.87 bits per heavy atom. The van der Waals surface area contributed by atoms with Crippen LogP contribution in [0, 0.1) is 16.0 Å². The maximum atomic E-state index is 12.1. The molecule has 8 heteroatoms. The quantitative estimate of drug-likeness (QED) is 0.630. The van der Waals surface area contributed by atoms with Crippen LogP contribution in [-0.4, -0.2) is 45.6 Å². The van der Waals surface area contributed by atoms with Crippen LogP contribution in [0.3, 0.4) is 0 Å². The number of nitrogens with zero attached hydrogens (tertiary/aromatic N) is 2. The SMILES string of the molecule is O=C(O)C1CCN(C(=O)CSCc2ccc([N+](=O)[O-])cc2)CC1. The Bertz CT molecular complexity index is 582. The summed E-state index contributed by atoms with van der Waals surface area (Å²) < 4.78 is 0. The highest BCUT2D eigenvalue weighted by atomic mass is 32.2. The number of amides is 1. The van der Waals surface area contributed by atoms with Gasteiger partial charge in [-0.25, -0.2) is 0 Å². The van der Waals surface area contributed by atoms with Crippen molar-refractivity contribution in [3.8, 4) is 0 Å². The maximum Gasteiger partial charge on any atom is 0.306 e. The zero-order valence-corrected chi connectivity index (χ0v) is 13.3. The van der Waals surface area contributed by atoms with Gasteiger partial charge in [0.15, 0.2) is 0 Å². The number of carboxylic acid groups (broad SMARTS) is 1. The lowest BCUT2D eigenvalue weighted by molar-refractivity contribution is -0.384. The number of aliphatic carboxylic acids is 1. The summed E-state index contributed by atoms with van der Waals surface area (Å²) >= 11 is 1.45. The summed E-state index contributed by atoms with van der Waals surface area (Å²) in [5, 5.41) is 19.5. The number of hydrogen-bond donors (Lipinski definition) is 1. The van der Waals surface area contributed by atoms with E-state index in [1.807, 2.05) is 0 Å². The first-order valence-electron chi connectivity index (χ1n) is 7.29. The lowest BCUT2D eigenvalue weighted by atomic mass is 9.97. The van der Waals surface area contributed by atoms with Gasteiger partial charge in [0.25, 0.3) is 5.69 Å². The highest BCUT2D eigenvalue weighted by molar-refractivity contribution is 7.99. The molecule has 2 rings (SSSR count). The van der Waals surface area contributed by atoms with Crippen LogP contribution in [-0.2, 0) is 15.3 Å². The summed E-state index contributed by atoms with van der Waals surface area (Å²) in [7, 11) is 0. The first kappa shape index (κ1) is 17.3. The van der Waals surface area contributed by atoms with Gasteiger partial charge >= 0.3 is 5.97 Å². The van der Waals surface area contributed by atoms with Crippen molar-refractivity contribution in [3.05, 3.63) is 39.9 Å². The fraction of sp³-hybridized carbons (Fsp3) is 0.467. The van der Waals surface area contributed by atoms with Crippen molar-refractivity contribution < 1.29 is 19.6 Å². The van der Waals surface area contributed by atoms with Gasteiger partial charge in [-0.2, -0.15) is 0 Å². The number of thioether (sulfide) groups is 1. The molecule has 1 aromatic carbocycles. The molecule has 1 aliphatic heterocycles. The Balaban J connectivity index is 1.73. The summed E-state index contributed by atoms with van der Waals surface area (Å²) in [5.41, 5.74) is 0.981. The molecule has 1 heterocycles. The van der Waals surface area contributed by atoms with Crippen molar-refractivity contribution >= 4 is 29.3 Å². The third-order valence-corrected chi connectivity index (χ3v) is 4.83. The molecule has 0 aliphatic carbocycles. The molecule has 0 radical (unpaired) electrons. The maximum absolute atomic E-state index is 12.1. The van der Waals surface area contributed by atoms with Crippen molar-refractivity contribution in [2.24, 2.45) is 5.92 Å². The standard InChI is InChI=1S/C15H18N2O5S/c18-14(16-7-5-12(6-8-16)15(19)20)10-23-9-11-1-3-13(4-2-11)17(21)22/h1-4,12H,5-10H2,(H,19,20). The number of carboxylic acids is 1. The predicted molar refractivity (Wildman–Crippen MR) is 86.2 cm³/mol. The van der Waals surface area contributed by atoms with Crippen LogP contribution in [0.25, 0.3) is 0 Å². The third kappa shape index (κ3) is 4.95. The molecule has 1 fully saturated rings. The van der Waals surface area contributed by atoms with Gasteiger partial charge in [0.05, 0.1) is 16.6 Å². The van der Waals surface area contributed by atoms with Crippen molar-refractivity contribution in [2.45, 2.75) is 18.6 Å². The Hall–Kier alpha value is -2.09. The summed E-state index contributed by atoms with van der Waals surface area (Å²) in [6.45, 7) is 0.988. The minimum Gasteiger partial charge on any atom is -0.481 e. The van der Waals surface area contributed by atoms with Crippen LogP contribution in [0.4, 0.5) is 5.69 Å². The van der Waals surface area contributed by atoms with Gasteiger partial charge < -0.3 is 10.0 Å². The molecule has 0 unspecified atom stereocenters. The summed E-state index contributed by atoms with van der Waals surface area (Å²) in [6.07, 6.45) is 1.02. The van der Waals surface area contributed by atoms with Crippen molar-refractivity contribution in [2.75, 3.05) is 18.8 Å². The van der Waals surface area contributed by atoms with Crippen molar-refractivity contribution in [1.82, 2.24) is 4.90 Å². The number of hydrogen-bond acceptors (Lipinski definition) is 5. The predicted octanol–water partition coefficient (Wildman–Crippen LogP) is 2.15. The number of piperidine rings is 1. The Labute approximate surface area is 137 Å². The largest absolute Gasteiger partial charge is 0.481 e. The monoisotopic (exact) mass is 338 g/mol. The van der Waals surface area contributed by atoms with Crippen molar-refractivity contribution in [3.63, 3.8) is 0 Å². The number of likely N-dealkylation sites (tertiary alicyclic amines) is 1. The zero-order valence-electron chi connectivity index (χ0n) is 12.5. The second-order valence-corrected chi connectivity index (χ2v) is 6.40. The minimum absolute atomic E-state index is 0.0146. The molecule has 0 saturated carbocycles. The van der Waals surface area contributed by atoms with E-state index in [0.717, 1.165) is 5.56 Å².